The molecule has 9 heteroatoms. The van der Waals surface area contributed by atoms with Crippen LogP contribution < -0.4 is 10.6 Å². The number of aromatic nitrogens is 4. The number of rotatable bonds is 4. The second-order valence-corrected chi connectivity index (χ2v) is 8.04. The van der Waals surface area contributed by atoms with Crippen LogP contribution in [0.15, 0.2) is 30.3 Å². The maximum absolute atomic E-state index is 12.4. The van der Waals surface area contributed by atoms with E-state index in [4.69, 9.17) is 9.47 Å². The van der Waals surface area contributed by atoms with Crippen LogP contribution in [0.4, 0.5) is 4.79 Å². The fraction of sp³-hybridized carbons (Fsp3) is 0.600. The molecule has 3 aliphatic rings. The first kappa shape index (κ1) is 18.5. The van der Waals surface area contributed by atoms with E-state index in [0.717, 1.165) is 18.4 Å². The average molecular weight is 398 g/mol. The number of nitrogens with zero attached hydrogens (tertiary/aromatic N) is 4. The number of carbonyl (C=O) groups is 1. The van der Waals surface area contributed by atoms with Crippen LogP contribution in [0.3, 0.4) is 0 Å². The van der Waals surface area contributed by atoms with E-state index in [9.17, 15) is 4.79 Å². The molecule has 1 aliphatic carbocycles. The van der Waals surface area contributed by atoms with Crippen LogP contribution >= 0.6 is 0 Å². The largest absolute Gasteiger partial charge is 0.371 e. The predicted octanol–water partition coefficient (Wildman–Crippen LogP) is 1.68. The molecule has 3 heterocycles. The first-order valence-corrected chi connectivity index (χ1v) is 10.4. The van der Waals surface area contributed by atoms with Gasteiger partial charge in [0, 0.05) is 11.6 Å². The SMILES string of the molecule is O=C(NC1CCCCC1)NC1COC2C1OCC2n1nnnc1-c1ccccc1. The van der Waals surface area contributed by atoms with Crippen molar-refractivity contribution in [2.24, 2.45) is 0 Å². The molecule has 2 aromatic rings. The van der Waals surface area contributed by atoms with Crippen LogP contribution in [0.2, 0.25) is 0 Å². The summed E-state index contributed by atoms with van der Waals surface area (Å²) in [6.07, 6.45) is 5.34. The number of amides is 2. The third-order valence-electron chi connectivity index (χ3n) is 6.12. The molecule has 4 atom stereocenters. The smallest absolute Gasteiger partial charge is 0.315 e. The van der Waals surface area contributed by atoms with Crippen LogP contribution in [-0.4, -0.2) is 63.7 Å². The standard InChI is InChI=1S/C20H26N6O3/c27-20(21-14-9-5-2-6-10-14)22-15-11-28-18-16(12-29-17(15)18)26-19(23-24-25-26)13-7-3-1-4-8-13/h1,3-4,7-8,14-18H,2,5-6,9-12H2,(H2,21,22,27). The van der Waals surface area contributed by atoms with Gasteiger partial charge in [0.05, 0.1) is 19.3 Å². The van der Waals surface area contributed by atoms with Gasteiger partial charge in [0.15, 0.2) is 5.82 Å². The summed E-state index contributed by atoms with van der Waals surface area (Å²) < 4.78 is 13.8. The quantitative estimate of drug-likeness (QED) is 0.812. The Kier molecular flexibility index (Phi) is 5.15. The molecule has 0 bridgehead atoms. The van der Waals surface area contributed by atoms with Gasteiger partial charge in [-0.05, 0) is 23.3 Å². The highest BCUT2D eigenvalue weighted by Crippen LogP contribution is 2.35. The summed E-state index contributed by atoms with van der Waals surface area (Å²) in [5, 5.41) is 18.4. The Morgan fingerprint density at radius 2 is 1.79 bits per heavy atom. The lowest BCUT2D eigenvalue weighted by atomic mass is 9.96. The number of fused-ring (bicyclic) bond motifs is 1. The topological polar surface area (TPSA) is 103 Å². The second kappa shape index (κ2) is 8.08. The monoisotopic (exact) mass is 398 g/mol. The zero-order valence-electron chi connectivity index (χ0n) is 16.2. The number of carbonyl (C=O) groups excluding carboxylic acids is 1. The molecule has 1 aromatic heterocycles. The molecule has 154 valence electrons. The molecule has 1 aromatic carbocycles. The summed E-state index contributed by atoms with van der Waals surface area (Å²) in [5.74, 6) is 0.690. The van der Waals surface area contributed by atoms with Crippen LogP contribution in [0.1, 0.15) is 38.1 Å². The minimum atomic E-state index is -0.204. The van der Waals surface area contributed by atoms with Crippen LogP contribution in [0, 0.1) is 0 Å². The van der Waals surface area contributed by atoms with Crippen molar-refractivity contribution in [2.45, 2.75) is 62.4 Å². The van der Waals surface area contributed by atoms with Gasteiger partial charge in [0.1, 0.15) is 18.2 Å². The van der Waals surface area contributed by atoms with E-state index in [0.29, 0.717) is 19.0 Å². The fourth-order valence-electron chi connectivity index (χ4n) is 4.65. The van der Waals surface area contributed by atoms with E-state index in [1.165, 1.54) is 19.3 Å². The third kappa shape index (κ3) is 3.72. The molecule has 2 amide bonds. The molecule has 0 radical (unpaired) electrons. The molecular formula is C20H26N6O3. The van der Waals surface area contributed by atoms with Gasteiger partial charge in [-0.1, -0.05) is 49.6 Å². The number of hydrogen-bond donors (Lipinski definition) is 2. The maximum Gasteiger partial charge on any atom is 0.315 e. The van der Waals surface area contributed by atoms with Crippen molar-refractivity contribution in [2.75, 3.05) is 13.2 Å². The summed E-state index contributed by atoms with van der Waals surface area (Å²) >= 11 is 0. The molecule has 4 unspecified atom stereocenters. The van der Waals surface area contributed by atoms with E-state index in [1.807, 2.05) is 30.3 Å². The Morgan fingerprint density at radius 1 is 1.00 bits per heavy atom. The van der Waals surface area contributed by atoms with E-state index in [-0.39, 0.29) is 36.4 Å². The molecule has 2 aliphatic heterocycles. The molecule has 29 heavy (non-hydrogen) atoms. The van der Waals surface area contributed by atoms with Gasteiger partial charge in [-0.25, -0.2) is 9.48 Å². The summed E-state index contributed by atoms with van der Waals surface area (Å²) in [6, 6.07) is 9.66. The number of nitrogens with one attached hydrogen (secondary N) is 2. The number of ether oxygens (including phenoxy) is 2. The lowest BCUT2D eigenvalue weighted by molar-refractivity contribution is 0.0624. The van der Waals surface area contributed by atoms with Crippen molar-refractivity contribution in [3.05, 3.63) is 30.3 Å². The van der Waals surface area contributed by atoms with Gasteiger partial charge < -0.3 is 20.1 Å². The fourth-order valence-corrected chi connectivity index (χ4v) is 4.65. The van der Waals surface area contributed by atoms with Crippen molar-refractivity contribution < 1.29 is 14.3 Å². The Hall–Kier alpha value is -2.52. The molecule has 2 saturated heterocycles. The van der Waals surface area contributed by atoms with Gasteiger partial charge in [0.25, 0.3) is 0 Å². The number of hydrogen-bond acceptors (Lipinski definition) is 6. The lowest BCUT2D eigenvalue weighted by Crippen LogP contribution is -2.50. The first-order valence-electron chi connectivity index (χ1n) is 10.4. The molecule has 1 saturated carbocycles. The highest BCUT2D eigenvalue weighted by atomic mass is 16.6. The van der Waals surface area contributed by atoms with Crippen LogP contribution in [-0.2, 0) is 9.47 Å². The third-order valence-corrected chi connectivity index (χ3v) is 6.12. The summed E-state index contributed by atoms with van der Waals surface area (Å²) in [7, 11) is 0. The van der Waals surface area contributed by atoms with E-state index >= 15 is 0 Å². The van der Waals surface area contributed by atoms with Gasteiger partial charge in [-0.3, -0.25) is 0 Å². The van der Waals surface area contributed by atoms with Gasteiger partial charge in [-0.15, -0.1) is 5.10 Å². The van der Waals surface area contributed by atoms with Crippen molar-refractivity contribution in [1.82, 2.24) is 30.8 Å². The Labute approximate surface area is 169 Å². The average Bonchev–Trinajstić information content (AvgIpc) is 3.47. The molecule has 2 N–H and O–H groups in total. The van der Waals surface area contributed by atoms with Gasteiger partial charge in [0.2, 0.25) is 0 Å². The Bertz CT molecular complexity index is 838. The number of benzene rings is 1. The van der Waals surface area contributed by atoms with Crippen molar-refractivity contribution >= 4 is 6.03 Å². The Morgan fingerprint density at radius 3 is 2.62 bits per heavy atom. The van der Waals surface area contributed by atoms with Gasteiger partial charge in [-0.2, -0.15) is 0 Å². The zero-order valence-corrected chi connectivity index (χ0v) is 16.2. The molecule has 5 rings (SSSR count). The highest BCUT2D eigenvalue weighted by molar-refractivity contribution is 5.74. The van der Waals surface area contributed by atoms with E-state index in [1.54, 1.807) is 4.68 Å². The van der Waals surface area contributed by atoms with E-state index < -0.39 is 0 Å². The maximum atomic E-state index is 12.4. The molecule has 3 fully saturated rings. The van der Waals surface area contributed by atoms with Gasteiger partial charge >= 0.3 is 6.03 Å². The predicted molar refractivity (Wildman–Crippen MR) is 104 cm³/mol. The normalized spacial score (nSPS) is 29.5. The molecule has 9 nitrogen and oxygen atoms in total. The Balaban J connectivity index is 1.24. The van der Waals surface area contributed by atoms with Crippen molar-refractivity contribution in [1.29, 1.82) is 0 Å². The molecule has 0 spiro atoms. The summed E-state index contributed by atoms with van der Waals surface area (Å²) in [5.41, 5.74) is 0.945. The summed E-state index contributed by atoms with van der Waals surface area (Å²) in [6.45, 7) is 0.870. The van der Waals surface area contributed by atoms with Crippen LogP contribution in [0.5, 0.6) is 0 Å². The zero-order chi connectivity index (χ0) is 19.6. The number of tetrazole rings is 1. The van der Waals surface area contributed by atoms with Crippen molar-refractivity contribution in [3.8, 4) is 11.4 Å². The second-order valence-electron chi connectivity index (χ2n) is 8.04. The van der Waals surface area contributed by atoms with E-state index in [2.05, 4.69) is 26.2 Å². The highest BCUT2D eigenvalue weighted by Gasteiger charge is 2.50. The number of urea groups is 1. The van der Waals surface area contributed by atoms with Crippen molar-refractivity contribution in [3.63, 3.8) is 0 Å². The lowest BCUT2D eigenvalue weighted by Gasteiger charge is -2.24. The minimum absolute atomic E-state index is 0.126. The summed E-state index contributed by atoms with van der Waals surface area (Å²) in [4.78, 5) is 12.4. The first-order chi connectivity index (χ1) is 14.3. The molecular weight excluding hydrogens is 372 g/mol. The minimum Gasteiger partial charge on any atom is -0.371 e. The van der Waals surface area contributed by atoms with Crippen LogP contribution in [0.25, 0.3) is 11.4 Å².